The number of carbonyl (C=O) groups is 1. The summed E-state index contributed by atoms with van der Waals surface area (Å²) >= 11 is 0. The number of aliphatic carboxylic acids is 1. The molecule has 1 unspecified atom stereocenters. The van der Waals surface area contributed by atoms with Gasteiger partial charge in [0.25, 0.3) is 0 Å². The molecule has 3 saturated carbocycles. The van der Waals surface area contributed by atoms with E-state index in [1.807, 2.05) is 0 Å². The topological polar surface area (TPSA) is 57.5 Å². The largest absolute Gasteiger partial charge is 0.513 e. The predicted molar refractivity (Wildman–Crippen MR) is 107 cm³/mol. The minimum absolute atomic E-state index is 0.319. The second kappa shape index (κ2) is 6.81. The third-order valence-corrected chi connectivity index (χ3v) is 9.83. The SMILES string of the molecule is C[C@H](CCC(=O)O)[C@H]1CC[C@H]2[C@@H]3CCC4C=C(O)CC[C@]4(C)[C@H]3CC[C@]12C. The number of allylic oxidation sites excluding steroid dienone is 2. The number of hydrogen-bond donors (Lipinski definition) is 2. The molecule has 0 heterocycles. The van der Waals surface area contributed by atoms with Crippen molar-refractivity contribution in [3.63, 3.8) is 0 Å². The molecule has 0 bridgehead atoms. The molecule has 3 heteroatoms. The Hall–Kier alpha value is -0.990. The molecule has 8 atom stereocenters. The maximum atomic E-state index is 11.0. The molecule has 3 fully saturated rings. The van der Waals surface area contributed by atoms with E-state index in [0.717, 1.165) is 37.0 Å². The molecule has 3 nitrogen and oxygen atoms in total. The van der Waals surface area contributed by atoms with Gasteiger partial charge < -0.3 is 10.2 Å². The Balaban J connectivity index is 1.53. The van der Waals surface area contributed by atoms with Gasteiger partial charge in [-0.25, -0.2) is 0 Å². The fraction of sp³-hybridized carbons (Fsp3) is 0.875. The molecule has 4 aliphatic carbocycles. The quantitative estimate of drug-likeness (QED) is 0.616. The summed E-state index contributed by atoms with van der Waals surface area (Å²) in [5, 5.41) is 19.1. The van der Waals surface area contributed by atoms with Gasteiger partial charge in [0.1, 0.15) is 0 Å². The fourth-order valence-corrected chi connectivity index (χ4v) is 8.37. The summed E-state index contributed by atoms with van der Waals surface area (Å²) in [6.45, 7) is 7.37. The lowest BCUT2D eigenvalue weighted by atomic mass is 9.45. The Bertz CT molecular complexity index is 625. The van der Waals surface area contributed by atoms with Gasteiger partial charge in [0.2, 0.25) is 0 Å². The standard InChI is InChI=1S/C24H38O3/c1-15(4-9-22(26)27)19-7-8-20-18-6-5-16-14-17(25)10-12-23(16,2)21(18)11-13-24(19,20)3/h14-16,18-21,25H,4-13H2,1-3H3,(H,26,27)/t15-,16?,18+,19-,20+,21+,23+,24-/m1/s1. The minimum Gasteiger partial charge on any atom is -0.513 e. The lowest BCUT2D eigenvalue weighted by Gasteiger charge is -2.60. The van der Waals surface area contributed by atoms with Crippen molar-refractivity contribution >= 4 is 5.97 Å². The molecular formula is C24H38O3. The van der Waals surface area contributed by atoms with Crippen LogP contribution in [0.1, 0.15) is 85.0 Å². The summed E-state index contributed by atoms with van der Waals surface area (Å²) in [6.07, 6.45) is 13.2. The van der Waals surface area contributed by atoms with Gasteiger partial charge in [0, 0.05) is 12.8 Å². The number of carboxylic acids is 1. The highest BCUT2D eigenvalue weighted by atomic mass is 16.4. The van der Waals surface area contributed by atoms with Gasteiger partial charge in [-0.2, -0.15) is 0 Å². The molecule has 0 spiro atoms. The zero-order valence-corrected chi connectivity index (χ0v) is 17.4. The zero-order valence-electron chi connectivity index (χ0n) is 17.4. The van der Waals surface area contributed by atoms with Crippen molar-refractivity contribution in [3.8, 4) is 0 Å². The third-order valence-electron chi connectivity index (χ3n) is 9.83. The molecule has 152 valence electrons. The van der Waals surface area contributed by atoms with E-state index in [1.54, 1.807) is 0 Å². The van der Waals surface area contributed by atoms with Crippen LogP contribution in [-0.4, -0.2) is 16.2 Å². The number of carboxylic acid groups (broad SMARTS) is 1. The van der Waals surface area contributed by atoms with Crippen LogP contribution in [0.4, 0.5) is 0 Å². The normalized spacial score (nSPS) is 47.4. The molecule has 0 aliphatic heterocycles. The summed E-state index contributed by atoms with van der Waals surface area (Å²) in [4.78, 5) is 11.0. The summed E-state index contributed by atoms with van der Waals surface area (Å²) in [5.74, 6) is 4.25. The average molecular weight is 375 g/mol. The lowest BCUT2D eigenvalue weighted by Crippen LogP contribution is -2.52. The number of hydrogen-bond acceptors (Lipinski definition) is 2. The Morgan fingerprint density at radius 1 is 1.11 bits per heavy atom. The lowest BCUT2D eigenvalue weighted by molar-refractivity contribution is -0.137. The first kappa shape index (κ1) is 19.3. The van der Waals surface area contributed by atoms with Crippen molar-refractivity contribution in [2.24, 2.45) is 46.3 Å². The molecule has 4 rings (SSSR count). The van der Waals surface area contributed by atoms with Crippen LogP contribution in [0.25, 0.3) is 0 Å². The molecule has 0 radical (unpaired) electrons. The monoisotopic (exact) mass is 374 g/mol. The van der Waals surface area contributed by atoms with Gasteiger partial charge in [0.05, 0.1) is 5.76 Å². The van der Waals surface area contributed by atoms with Crippen LogP contribution in [0.3, 0.4) is 0 Å². The Kier molecular flexibility index (Phi) is 4.88. The van der Waals surface area contributed by atoms with Crippen molar-refractivity contribution in [1.82, 2.24) is 0 Å². The van der Waals surface area contributed by atoms with E-state index in [0.29, 0.717) is 40.8 Å². The van der Waals surface area contributed by atoms with E-state index in [9.17, 15) is 9.90 Å². The van der Waals surface area contributed by atoms with Crippen LogP contribution in [0, 0.1) is 46.3 Å². The third kappa shape index (κ3) is 3.04. The first-order valence-corrected chi connectivity index (χ1v) is 11.4. The highest BCUT2D eigenvalue weighted by Gasteiger charge is 2.60. The number of aliphatic hydroxyl groups is 1. The van der Waals surface area contributed by atoms with Crippen LogP contribution in [0.2, 0.25) is 0 Å². The van der Waals surface area contributed by atoms with Crippen LogP contribution in [0.15, 0.2) is 11.8 Å². The number of aliphatic hydroxyl groups excluding tert-OH is 1. The van der Waals surface area contributed by atoms with E-state index in [2.05, 4.69) is 26.8 Å². The second-order valence-electron chi connectivity index (χ2n) is 10.9. The summed E-state index contributed by atoms with van der Waals surface area (Å²) in [7, 11) is 0. The van der Waals surface area contributed by atoms with Crippen molar-refractivity contribution in [2.45, 2.75) is 85.0 Å². The Morgan fingerprint density at radius 3 is 2.59 bits per heavy atom. The molecule has 0 aromatic heterocycles. The van der Waals surface area contributed by atoms with E-state index in [4.69, 9.17) is 5.11 Å². The molecule has 2 N–H and O–H groups in total. The number of rotatable bonds is 4. The van der Waals surface area contributed by atoms with Gasteiger partial charge in [-0.3, -0.25) is 4.79 Å². The van der Waals surface area contributed by atoms with Crippen molar-refractivity contribution in [3.05, 3.63) is 11.8 Å². The first-order valence-electron chi connectivity index (χ1n) is 11.4. The second-order valence-corrected chi connectivity index (χ2v) is 10.9. The van der Waals surface area contributed by atoms with Crippen LogP contribution in [0.5, 0.6) is 0 Å². The van der Waals surface area contributed by atoms with E-state index in [-0.39, 0.29) is 0 Å². The highest BCUT2D eigenvalue weighted by molar-refractivity contribution is 5.66. The van der Waals surface area contributed by atoms with Crippen molar-refractivity contribution in [2.75, 3.05) is 0 Å². The van der Waals surface area contributed by atoms with E-state index in [1.165, 1.54) is 38.5 Å². The number of fused-ring (bicyclic) bond motifs is 5. The fourth-order valence-electron chi connectivity index (χ4n) is 8.37. The van der Waals surface area contributed by atoms with Gasteiger partial charge in [0.15, 0.2) is 0 Å². The molecule has 27 heavy (non-hydrogen) atoms. The maximum absolute atomic E-state index is 11.0. The van der Waals surface area contributed by atoms with Crippen LogP contribution < -0.4 is 0 Å². The molecule has 0 aromatic carbocycles. The van der Waals surface area contributed by atoms with Gasteiger partial charge in [-0.05, 0) is 104 Å². The predicted octanol–water partition coefficient (Wildman–Crippen LogP) is 6.20. The van der Waals surface area contributed by atoms with Gasteiger partial charge in [-0.1, -0.05) is 20.8 Å². The van der Waals surface area contributed by atoms with Crippen molar-refractivity contribution < 1.29 is 15.0 Å². The van der Waals surface area contributed by atoms with E-state index < -0.39 is 5.97 Å². The van der Waals surface area contributed by atoms with Crippen LogP contribution >= 0.6 is 0 Å². The Labute approximate surface area is 164 Å². The Morgan fingerprint density at radius 2 is 1.85 bits per heavy atom. The molecule has 4 aliphatic rings. The maximum Gasteiger partial charge on any atom is 0.303 e. The summed E-state index contributed by atoms with van der Waals surface area (Å²) < 4.78 is 0. The smallest absolute Gasteiger partial charge is 0.303 e. The van der Waals surface area contributed by atoms with Crippen LogP contribution in [-0.2, 0) is 4.79 Å². The molecule has 0 saturated heterocycles. The van der Waals surface area contributed by atoms with Gasteiger partial charge >= 0.3 is 5.97 Å². The van der Waals surface area contributed by atoms with Gasteiger partial charge in [-0.15, -0.1) is 0 Å². The average Bonchev–Trinajstić information content (AvgIpc) is 2.97. The van der Waals surface area contributed by atoms with Crippen molar-refractivity contribution in [1.29, 1.82) is 0 Å². The molecular weight excluding hydrogens is 336 g/mol. The zero-order chi connectivity index (χ0) is 19.4. The first-order chi connectivity index (χ1) is 12.8. The minimum atomic E-state index is -0.648. The molecule has 0 amide bonds. The highest BCUT2D eigenvalue weighted by Crippen LogP contribution is 2.68. The molecule has 0 aromatic rings. The van der Waals surface area contributed by atoms with E-state index >= 15 is 0 Å². The summed E-state index contributed by atoms with van der Waals surface area (Å²) in [6, 6.07) is 0. The summed E-state index contributed by atoms with van der Waals surface area (Å²) in [5.41, 5.74) is 0.790.